The number of carbonyl (C=O) groups excluding carboxylic acids is 1. The van der Waals surface area contributed by atoms with E-state index in [9.17, 15) is 22.8 Å². The largest absolute Gasteiger partial charge is 0.451 e. The molecule has 0 atom stereocenters. The Bertz CT molecular complexity index is 1010. The highest BCUT2D eigenvalue weighted by atomic mass is 35.5. The van der Waals surface area contributed by atoms with Crippen LogP contribution in [-0.4, -0.2) is 38.2 Å². The van der Waals surface area contributed by atoms with Crippen LogP contribution in [0, 0.1) is 0 Å². The maximum atomic E-state index is 13.6. The minimum Gasteiger partial charge on any atom is -0.342 e. The molecule has 0 N–H and O–H groups in total. The fourth-order valence-corrected chi connectivity index (χ4v) is 5.06. The molecule has 168 valence electrons. The molecule has 6 nitrogen and oxygen atoms in total. The topological polar surface area (TPSA) is 60.1 Å². The summed E-state index contributed by atoms with van der Waals surface area (Å²) in [5.74, 6) is -1.15. The lowest BCUT2D eigenvalue weighted by molar-refractivity contribution is -0.147. The zero-order valence-electron chi connectivity index (χ0n) is 17.2. The minimum atomic E-state index is -4.69. The minimum absolute atomic E-state index is 0.0510. The van der Waals surface area contributed by atoms with Gasteiger partial charge in [-0.2, -0.15) is 13.2 Å². The van der Waals surface area contributed by atoms with Crippen molar-refractivity contribution in [1.82, 2.24) is 19.2 Å². The fraction of sp³-hybridized carbons (Fsp3) is 0.571. The molecule has 1 aromatic heterocycles. The highest BCUT2D eigenvalue weighted by Gasteiger charge is 2.46. The number of aromatic nitrogens is 3. The number of rotatable bonds is 3. The number of alkyl halides is 3. The van der Waals surface area contributed by atoms with Gasteiger partial charge >= 0.3 is 11.9 Å². The van der Waals surface area contributed by atoms with Crippen LogP contribution in [0.2, 0.25) is 5.02 Å². The average molecular weight is 457 g/mol. The molecule has 0 unspecified atom stereocenters. The number of carbonyl (C=O) groups is 1. The first kappa shape index (κ1) is 21.9. The lowest BCUT2D eigenvalue weighted by atomic mass is 9.77. The van der Waals surface area contributed by atoms with Gasteiger partial charge in [0.05, 0.1) is 11.5 Å². The van der Waals surface area contributed by atoms with Gasteiger partial charge < -0.3 is 4.90 Å². The third-order valence-corrected chi connectivity index (χ3v) is 6.87. The normalized spacial score (nSPS) is 19.7. The van der Waals surface area contributed by atoms with E-state index in [0.29, 0.717) is 35.5 Å². The SMILES string of the molecule is Cn1c(C(F)(F)F)nn(C2CCN(C(=O)C3(c4ccc(Cl)cc4)CCCC3)CC2)c1=O. The van der Waals surface area contributed by atoms with Crippen molar-refractivity contribution in [2.45, 2.75) is 56.2 Å². The number of benzene rings is 1. The summed E-state index contributed by atoms with van der Waals surface area (Å²) in [5, 5.41) is 4.16. The first-order chi connectivity index (χ1) is 14.6. The molecule has 31 heavy (non-hydrogen) atoms. The molecule has 2 aliphatic rings. The lowest BCUT2D eigenvalue weighted by Gasteiger charge is -2.38. The summed E-state index contributed by atoms with van der Waals surface area (Å²) in [6.45, 7) is 0.756. The summed E-state index contributed by atoms with van der Waals surface area (Å²) in [4.78, 5) is 27.6. The van der Waals surface area contributed by atoms with Crippen LogP contribution in [0.3, 0.4) is 0 Å². The smallest absolute Gasteiger partial charge is 0.342 e. The molecule has 2 heterocycles. The molecule has 1 aromatic carbocycles. The van der Waals surface area contributed by atoms with Crippen molar-refractivity contribution in [3.05, 3.63) is 51.2 Å². The number of amides is 1. The summed E-state index contributed by atoms with van der Waals surface area (Å²) < 4.78 is 40.7. The van der Waals surface area contributed by atoms with E-state index in [1.807, 2.05) is 12.1 Å². The van der Waals surface area contributed by atoms with Crippen LogP contribution in [0.25, 0.3) is 0 Å². The number of hydrogen-bond acceptors (Lipinski definition) is 3. The van der Waals surface area contributed by atoms with Crippen molar-refractivity contribution in [2.24, 2.45) is 7.05 Å². The monoisotopic (exact) mass is 456 g/mol. The van der Waals surface area contributed by atoms with E-state index in [0.717, 1.165) is 43.0 Å². The van der Waals surface area contributed by atoms with E-state index < -0.39 is 29.1 Å². The summed E-state index contributed by atoms with van der Waals surface area (Å²) in [6, 6.07) is 6.94. The Morgan fingerprint density at radius 3 is 2.23 bits per heavy atom. The van der Waals surface area contributed by atoms with Crippen molar-refractivity contribution in [3.8, 4) is 0 Å². The van der Waals surface area contributed by atoms with Crippen LogP contribution in [0.5, 0.6) is 0 Å². The third-order valence-electron chi connectivity index (χ3n) is 6.62. The Morgan fingerprint density at radius 2 is 1.71 bits per heavy atom. The molecule has 0 radical (unpaired) electrons. The van der Waals surface area contributed by atoms with E-state index in [-0.39, 0.29) is 5.91 Å². The molecule has 1 aliphatic heterocycles. The van der Waals surface area contributed by atoms with E-state index >= 15 is 0 Å². The Balaban J connectivity index is 1.52. The van der Waals surface area contributed by atoms with E-state index in [2.05, 4.69) is 5.10 Å². The molecule has 2 aromatic rings. The molecule has 1 saturated carbocycles. The summed E-state index contributed by atoms with van der Waals surface area (Å²) in [6.07, 6.45) is -0.455. The van der Waals surface area contributed by atoms with Gasteiger partial charge in [-0.3, -0.25) is 9.36 Å². The van der Waals surface area contributed by atoms with Crippen molar-refractivity contribution < 1.29 is 18.0 Å². The van der Waals surface area contributed by atoms with Gasteiger partial charge in [-0.15, -0.1) is 5.10 Å². The van der Waals surface area contributed by atoms with E-state index in [4.69, 9.17) is 11.6 Å². The van der Waals surface area contributed by atoms with E-state index in [1.165, 1.54) is 0 Å². The quantitative estimate of drug-likeness (QED) is 0.703. The zero-order valence-corrected chi connectivity index (χ0v) is 17.9. The Kier molecular flexibility index (Phi) is 5.66. The first-order valence-electron chi connectivity index (χ1n) is 10.4. The number of halogens is 4. The molecule has 1 aliphatic carbocycles. The predicted octanol–water partition coefficient (Wildman–Crippen LogP) is 3.93. The molecule has 0 bridgehead atoms. The van der Waals surface area contributed by atoms with Crippen LogP contribution >= 0.6 is 11.6 Å². The summed E-state index contributed by atoms with van der Waals surface area (Å²) >= 11 is 6.02. The molecular weight excluding hydrogens is 433 g/mol. The molecule has 10 heteroatoms. The second-order valence-corrected chi connectivity index (χ2v) is 8.86. The Labute approximate surface area is 182 Å². The molecule has 1 amide bonds. The average Bonchev–Trinajstić information content (AvgIpc) is 3.34. The van der Waals surface area contributed by atoms with Gasteiger partial charge in [-0.1, -0.05) is 36.6 Å². The second kappa shape index (κ2) is 8.00. The Hall–Kier alpha value is -2.29. The van der Waals surface area contributed by atoms with Crippen molar-refractivity contribution in [1.29, 1.82) is 0 Å². The van der Waals surface area contributed by atoms with Crippen LogP contribution < -0.4 is 5.69 Å². The molecule has 1 saturated heterocycles. The van der Waals surface area contributed by atoms with Gasteiger partial charge in [0.15, 0.2) is 0 Å². The molecular formula is C21H24ClF3N4O2. The maximum Gasteiger partial charge on any atom is 0.451 e. The van der Waals surface area contributed by atoms with Gasteiger partial charge in [-0.25, -0.2) is 9.48 Å². The highest BCUT2D eigenvalue weighted by molar-refractivity contribution is 6.30. The number of nitrogens with zero attached hydrogens (tertiary/aromatic N) is 4. The number of piperidine rings is 1. The molecule has 2 fully saturated rings. The first-order valence-corrected chi connectivity index (χ1v) is 10.8. The number of likely N-dealkylation sites (tertiary alicyclic amines) is 1. The van der Waals surface area contributed by atoms with Crippen molar-refractivity contribution >= 4 is 17.5 Å². The predicted molar refractivity (Wildman–Crippen MR) is 109 cm³/mol. The van der Waals surface area contributed by atoms with Gasteiger partial charge in [0.1, 0.15) is 0 Å². The van der Waals surface area contributed by atoms with E-state index in [1.54, 1.807) is 17.0 Å². The zero-order chi connectivity index (χ0) is 22.4. The molecule has 4 rings (SSSR count). The van der Waals surface area contributed by atoms with Crippen LogP contribution in [-0.2, 0) is 23.4 Å². The standard InChI is InChI=1S/C21H24ClF3N4O2/c1-27-17(21(23,24)25)26-29(19(27)31)16-8-12-28(13-9-16)18(30)20(10-2-3-11-20)14-4-6-15(22)7-5-14/h4-7,16H,2-3,8-13H2,1H3. The van der Waals surface area contributed by atoms with Crippen LogP contribution in [0.15, 0.2) is 29.1 Å². The maximum absolute atomic E-state index is 13.6. The van der Waals surface area contributed by atoms with Gasteiger partial charge in [0.2, 0.25) is 11.7 Å². The third kappa shape index (κ3) is 3.88. The Morgan fingerprint density at radius 1 is 1.13 bits per heavy atom. The number of hydrogen-bond donors (Lipinski definition) is 0. The fourth-order valence-electron chi connectivity index (χ4n) is 4.93. The molecule has 0 spiro atoms. The second-order valence-electron chi connectivity index (χ2n) is 8.43. The van der Waals surface area contributed by atoms with Gasteiger partial charge in [0, 0.05) is 25.2 Å². The van der Waals surface area contributed by atoms with Crippen LogP contribution in [0.4, 0.5) is 13.2 Å². The van der Waals surface area contributed by atoms with Crippen LogP contribution in [0.1, 0.15) is 56.0 Å². The van der Waals surface area contributed by atoms with Gasteiger partial charge in [-0.05, 0) is 43.4 Å². The summed E-state index contributed by atoms with van der Waals surface area (Å²) in [7, 11) is 1.07. The highest BCUT2D eigenvalue weighted by Crippen LogP contribution is 2.43. The van der Waals surface area contributed by atoms with Crippen molar-refractivity contribution in [2.75, 3.05) is 13.1 Å². The van der Waals surface area contributed by atoms with Gasteiger partial charge in [0.25, 0.3) is 0 Å². The summed E-state index contributed by atoms with van der Waals surface area (Å²) in [5.41, 5.74) is -0.411. The lowest BCUT2D eigenvalue weighted by Crippen LogP contribution is -2.49. The van der Waals surface area contributed by atoms with Crippen molar-refractivity contribution in [3.63, 3.8) is 0 Å².